The van der Waals surface area contributed by atoms with Crippen molar-refractivity contribution in [2.45, 2.75) is 64.4 Å². The number of carbonyl (C=O) groups excluding carboxylic acids is 2. The van der Waals surface area contributed by atoms with Crippen molar-refractivity contribution in [1.29, 1.82) is 0 Å². The lowest BCUT2D eigenvalue weighted by atomic mass is 9.71. The first-order valence-corrected chi connectivity index (χ1v) is 13.4. The van der Waals surface area contributed by atoms with Crippen LogP contribution in [0.15, 0.2) is 77.7 Å². The average molecular weight is 498 g/mol. The molecule has 5 rings (SSSR count). The minimum atomic E-state index is -0.368. The van der Waals surface area contributed by atoms with E-state index in [1.807, 2.05) is 56.4 Å². The molecule has 0 N–H and O–H groups in total. The Morgan fingerprint density at radius 3 is 2.19 bits per heavy atom. The van der Waals surface area contributed by atoms with Gasteiger partial charge in [0.1, 0.15) is 6.61 Å². The summed E-state index contributed by atoms with van der Waals surface area (Å²) in [6.07, 6.45) is 6.90. The van der Waals surface area contributed by atoms with Crippen LogP contribution in [0.3, 0.4) is 0 Å². The maximum absolute atomic E-state index is 13.4. The second-order valence-corrected chi connectivity index (χ2v) is 9.97. The molecule has 0 radical (unpaired) electrons. The Morgan fingerprint density at radius 2 is 1.59 bits per heavy atom. The van der Waals surface area contributed by atoms with Gasteiger partial charge in [0.25, 0.3) is 0 Å². The second kappa shape index (κ2) is 10.8. The molecule has 37 heavy (non-hydrogen) atoms. The number of hydrogen-bond donors (Lipinski definition) is 0. The van der Waals surface area contributed by atoms with Crippen LogP contribution in [0, 0.1) is 0 Å². The van der Waals surface area contributed by atoms with Gasteiger partial charge in [0.15, 0.2) is 23.1 Å². The van der Waals surface area contributed by atoms with E-state index in [1.165, 1.54) is 0 Å². The monoisotopic (exact) mass is 497 g/mol. The van der Waals surface area contributed by atoms with Gasteiger partial charge in [-0.2, -0.15) is 0 Å². The van der Waals surface area contributed by atoms with Crippen molar-refractivity contribution in [2.75, 3.05) is 13.7 Å². The third kappa shape index (κ3) is 4.75. The molecule has 0 fully saturated rings. The van der Waals surface area contributed by atoms with Crippen LogP contribution in [0.2, 0.25) is 0 Å². The van der Waals surface area contributed by atoms with E-state index >= 15 is 0 Å². The van der Waals surface area contributed by atoms with E-state index in [0.29, 0.717) is 44.0 Å². The first-order valence-electron chi connectivity index (χ1n) is 13.4. The molecule has 0 spiro atoms. The largest absolute Gasteiger partial charge is 0.490 e. The summed E-state index contributed by atoms with van der Waals surface area (Å²) in [4.78, 5) is 28.9. The lowest BCUT2D eigenvalue weighted by Gasteiger charge is -2.42. The van der Waals surface area contributed by atoms with Crippen molar-refractivity contribution in [3.8, 4) is 11.5 Å². The summed E-state index contributed by atoms with van der Waals surface area (Å²) in [5.41, 5.74) is 6.65. The maximum atomic E-state index is 13.4. The fourth-order valence-corrected chi connectivity index (χ4v) is 6.00. The molecule has 0 saturated carbocycles. The third-order valence-corrected chi connectivity index (χ3v) is 7.62. The molecule has 0 amide bonds. The molecular formula is C32H35NO4. The number of Topliss-reactive ketones (excluding diaryl/α,β-unsaturated/α-hetero) is 2. The van der Waals surface area contributed by atoms with E-state index in [1.54, 1.807) is 0 Å². The Balaban J connectivity index is 1.65. The zero-order chi connectivity index (χ0) is 25.9. The van der Waals surface area contributed by atoms with E-state index in [9.17, 15) is 9.59 Å². The standard InChI is InChI=1S/C32H35NO4/c1-4-11-22-18-23(19-28(36-5-2)32(22)37-20-21-12-7-6-8-13-21)29-30-24(14-9-16-26(30)34)33(3)25-15-10-17-27(35)31(25)29/h4,6-8,12-13,18-19,29H,1,5,9-11,14-17,20H2,2-3H3. The smallest absolute Gasteiger partial charge is 0.165 e. The molecule has 0 bridgehead atoms. The van der Waals surface area contributed by atoms with Crippen LogP contribution in [0.4, 0.5) is 0 Å². The Morgan fingerprint density at radius 1 is 0.946 bits per heavy atom. The fraction of sp³-hybridized carbons (Fsp3) is 0.375. The summed E-state index contributed by atoms with van der Waals surface area (Å²) in [5, 5.41) is 0. The van der Waals surface area contributed by atoms with E-state index < -0.39 is 0 Å². The van der Waals surface area contributed by atoms with Gasteiger partial charge in [-0.3, -0.25) is 9.59 Å². The van der Waals surface area contributed by atoms with Gasteiger partial charge in [-0.15, -0.1) is 6.58 Å². The Kier molecular flexibility index (Phi) is 7.31. The highest BCUT2D eigenvalue weighted by Gasteiger charge is 2.42. The van der Waals surface area contributed by atoms with Crippen molar-refractivity contribution < 1.29 is 19.1 Å². The van der Waals surface area contributed by atoms with Crippen LogP contribution in [0.25, 0.3) is 0 Å². The van der Waals surface area contributed by atoms with Crippen LogP contribution < -0.4 is 9.47 Å². The fourth-order valence-electron chi connectivity index (χ4n) is 6.00. The van der Waals surface area contributed by atoms with Crippen LogP contribution in [0.5, 0.6) is 11.5 Å². The molecule has 0 atom stereocenters. The summed E-state index contributed by atoms with van der Waals surface area (Å²) in [7, 11) is 2.02. The van der Waals surface area contributed by atoms with Gasteiger partial charge < -0.3 is 14.4 Å². The lowest BCUT2D eigenvalue weighted by Crippen LogP contribution is -2.37. The topological polar surface area (TPSA) is 55.8 Å². The van der Waals surface area contributed by atoms with Crippen LogP contribution in [0.1, 0.15) is 68.1 Å². The molecule has 0 aromatic heterocycles. The SMILES string of the molecule is C=CCc1cc(C2C3=C(CCCC3=O)N(C)C3=C2C(=O)CCC3)cc(OCC)c1OCc1ccccc1. The highest BCUT2D eigenvalue weighted by atomic mass is 16.5. The number of rotatable bonds is 8. The number of ether oxygens (including phenoxy) is 2. The minimum Gasteiger partial charge on any atom is -0.490 e. The van der Waals surface area contributed by atoms with E-state index in [2.05, 4.69) is 17.5 Å². The van der Waals surface area contributed by atoms with Gasteiger partial charge >= 0.3 is 0 Å². The van der Waals surface area contributed by atoms with E-state index in [4.69, 9.17) is 9.47 Å². The van der Waals surface area contributed by atoms with Crippen LogP contribution in [-0.2, 0) is 22.6 Å². The zero-order valence-electron chi connectivity index (χ0n) is 21.8. The molecule has 0 unspecified atom stereocenters. The molecule has 0 saturated heterocycles. The normalized spacial score (nSPS) is 18.1. The third-order valence-electron chi connectivity index (χ3n) is 7.62. The van der Waals surface area contributed by atoms with Crippen molar-refractivity contribution in [3.63, 3.8) is 0 Å². The van der Waals surface area contributed by atoms with E-state index in [0.717, 1.165) is 64.9 Å². The molecule has 1 heterocycles. The van der Waals surface area contributed by atoms with Gasteiger partial charge in [-0.25, -0.2) is 0 Å². The number of allylic oxidation sites excluding steroid dienone is 5. The number of hydrogen-bond acceptors (Lipinski definition) is 5. The van der Waals surface area contributed by atoms with Crippen molar-refractivity contribution in [2.24, 2.45) is 0 Å². The summed E-state index contributed by atoms with van der Waals surface area (Å²) in [6.45, 7) is 6.81. The Hall–Kier alpha value is -3.60. The molecule has 5 nitrogen and oxygen atoms in total. The molecule has 2 aromatic rings. The number of ketones is 2. The number of benzene rings is 2. The van der Waals surface area contributed by atoms with Gasteiger partial charge in [-0.1, -0.05) is 42.5 Å². The van der Waals surface area contributed by atoms with Gasteiger partial charge in [0, 0.05) is 53.9 Å². The lowest BCUT2D eigenvalue weighted by molar-refractivity contribution is -0.117. The summed E-state index contributed by atoms with van der Waals surface area (Å²) in [5.74, 6) is 1.26. The number of carbonyl (C=O) groups is 2. The quantitative estimate of drug-likeness (QED) is 0.393. The Labute approximate surface area is 219 Å². The first-order chi connectivity index (χ1) is 18.0. The highest BCUT2D eigenvalue weighted by Crippen LogP contribution is 2.50. The first kappa shape index (κ1) is 25.1. The second-order valence-electron chi connectivity index (χ2n) is 9.97. The molecule has 3 aliphatic rings. The molecule has 5 heteroatoms. The predicted octanol–water partition coefficient (Wildman–Crippen LogP) is 6.44. The van der Waals surface area contributed by atoms with Crippen molar-refractivity contribution >= 4 is 11.6 Å². The number of nitrogens with zero attached hydrogens (tertiary/aromatic N) is 1. The van der Waals surface area contributed by atoms with Crippen molar-refractivity contribution in [1.82, 2.24) is 4.90 Å². The highest BCUT2D eigenvalue weighted by molar-refractivity contribution is 6.06. The predicted molar refractivity (Wildman–Crippen MR) is 145 cm³/mol. The molecule has 192 valence electrons. The minimum absolute atomic E-state index is 0.149. The van der Waals surface area contributed by atoms with E-state index in [-0.39, 0.29) is 17.5 Å². The molecule has 2 aliphatic carbocycles. The van der Waals surface area contributed by atoms with Gasteiger partial charge in [0.2, 0.25) is 0 Å². The summed E-state index contributed by atoms with van der Waals surface area (Å²) >= 11 is 0. The van der Waals surface area contributed by atoms with Crippen LogP contribution >= 0.6 is 0 Å². The average Bonchev–Trinajstić information content (AvgIpc) is 2.90. The van der Waals surface area contributed by atoms with Gasteiger partial charge in [0.05, 0.1) is 6.61 Å². The van der Waals surface area contributed by atoms with Gasteiger partial charge in [-0.05, 0) is 56.2 Å². The summed E-state index contributed by atoms with van der Waals surface area (Å²) in [6, 6.07) is 14.1. The molecular weight excluding hydrogens is 462 g/mol. The molecule has 1 aliphatic heterocycles. The maximum Gasteiger partial charge on any atom is 0.165 e. The van der Waals surface area contributed by atoms with Crippen molar-refractivity contribution in [3.05, 3.63) is 94.4 Å². The Bertz CT molecular complexity index is 1240. The van der Waals surface area contributed by atoms with Crippen LogP contribution in [-0.4, -0.2) is 30.1 Å². The molecule has 2 aromatic carbocycles. The zero-order valence-corrected chi connectivity index (χ0v) is 21.8. The summed E-state index contributed by atoms with van der Waals surface area (Å²) < 4.78 is 12.5.